The fourth-order valence-corrected chi connectivity index (χ4v) is 1.52. The van der Waals surface area contributed by atoms with Crippen LogP contribution in [0.15, 0.2) is 9.52 Å². The molecule has 1 aromatic rings. The van der Waals surface area contributed by atoms with Crippen LogP contribution in [0.25, 0.3) is 0 Å². The molecule has 1 aromatic heterocycles. The lowest BCUT2D eigenvalue weighted by Gasteiger charge is -2.06. The molecule has 0 aliphatic rings. The van der Waals surface area contributed by atoms with Crippen molar-refractivity contribution in [2.24, 2.45) is 4.99 Å². The van der Waals surface area contributed by atoms with Gasteiger partial charge < -0.3 is 4.52 Å². The van der Waals surface area contributed by atoms with Crippen LogP contribution in [-0.4, -0.2) is 10.3 Å². The van der Waals surface area contributed by atoms with Gasteiger partial charge in [-0.1, -0.05) is 12.1 Å². The lowest BCUT2D eigenvalue weighted by Crippen LogP contribution is -1.96. The van der Waals surface area contributed by atoms with Gasteiger partial charge in [0.05, 0.1) is 16.9 Å². The first-order valence-electron chi connectivity index (χ1n) is 4.20. The number of rotatable bonds is 3. The Kier molecular flexibility index (Phi) is 3.34. The summed E-state index contributed by atoms with van der Waals surface area (Å²) >= 11 is 4.59. The van der Waals surface area contributed by atoms with E-state index in [1.54, 1.807) is 0 Å². The van der Waals surface area contributed by atoms with Crippen LogP contribution < -0.4 is 0 Å². The van der Waals surface area contributed by atoms with Crippen molar-refractivity contribution >= 4 is 17.4 Å². The molecule has 70 valence electrons. The van der Waals surface area contributed by atoms with Crippen molar-refractivity contribution in [1.29, 1.82) is 0 Å². The summed E-state index contributed by atoms with van der Waals surface area (Å²) in [7, 11) is 0. The average molecular weight is 196 g/mol. The average Bonchev–Trinajstić information content (AvgIpc) is 2.43. The smallest absolute Gasteiger partial charge is 0.139 e. The highest BCUT2D eigenvalue weighted by Crippen LogP contribution is 2.26. The number of nitrogens with zero attached hydrogens (tertiary/aromatic N) is 2. The highest BCUT2D eigenvalue weighted by Gasteiger charge is 2.17. The second-order valence-corrected chi connectivity index (χ2v) is 3.06. The quantitative estimate of drug-likeness (QED) is 0.551. The van der Waals surface area contributed by atoms with E-state index >= 15 is 0 Å². The molecular formula is C9H12N2OS. The van der Waals surface area contributed by atoms with Gasteiger partial charge in [-0.3, -0.25) is 0 Å². The lowest BCUT2D eigenvalue weighted by molar-refractivity contribution is 0.391. The molecule has 0 amide bonds. The molecule has 4 heteroatoms. The van der Waals surface area contributed by atoms with Gasteiger partial charge in [-0.25, -0.2) is 4.99 Å². The van der Waals surface area contributed by atoms with Crippen molar-refractivity contribution in [2.75, 3.05) is 0 Å². The Hall–Kier alpha value is -0.990. The van der Waals surface area contributed by atoms with E-state index < -0.39 is 0 Å². The summed E-state index contributed by atoms with van der Waals surface area (Å²) in [5, 5.41) is 6.27. The Bertz CT molecular complexity index is 320. The molecule has 0 saturated heterocycles. The maximum Gasteiger partial charge on any atom is 0.139 e. The number of aromatic nitrogens is 1. The van der Waals surface area contributed by atoms with Crippen LogP contribution in [0, 0.1) is 13.8 Å². The summed E-state index contributed by atoms with van der Waals surface area (Å²) in [5.41, 5.74) is 1.93. The van der Waals surface area contributed by atoms with Crippen LogP contribution in [0.5, 0.6) is 0 Å². The molecule has 0 unspecified atom stereocenters. The van der Waals surface area contributed by atoms with Crippen LogP contribution in [0.3, 0.4) is 0 Å². The van der Waals surface area contributed by atoms with Crippen LogP contribution >= 0.6 is 12.2 Å². The monoisotopic (exact) mass is 196 g/mol. The van der Waals surface area contributed by atoms with E-state index in [9.17, 15) is 0 Å². The minimum absolute atomic E-state index is 0.0451. The van der Waals surface area contributed by atoms with E-state index in [-0.39, 0.29) is 6.04 Å². The summed E-state index contributed by atoms with van der Waals surface area (Å²) in [4.78, 5) is 4.07. The molecule has 0 aromatic carbocycles. The van der Waals surface area contributed by atoms with Crippen LogP contribution in [0.2, 0.25) is 0 Å². The van der Waals surface area contributed by atoms with Gasteiger partial charge in [0.1, 0.15) is 5.76 Å². The van der Waals surface area contributed by atoms with Gasteiger partial charge >= 0.3 is 0 Å². The molecule has 0 aliphatic heterocycles. The third-order valence-corrected chi connectivity index (χ3v) is 2.12. The number of thiocarbonyl (C=S) groups is 1. The Balaban J connectivity index is 3.09. The van der Waals surface area contributed by atoms with Gasteiger partial charge in [-0.05, 0) is 32.5 Å². The van der Waals surface area contributed by atoms with Gasteiger partial charge in [0.15, 0.2) is 0 Å². The van der Waals surface area contributed by atoms with Gasteiger partial charge in [-0.2, -0.15) is 0 Å². The largest absolute Gasteiger partial charge is 0.361 e. The highest BCUT2D eigenvalue weighted by atomic mass is 32.1. The minimum atomic E-state index is 0.0451. The van der Waals surface area contributed by atoms with E-state index in [0.29, 0.717) is 0 Å². The first kappa shape index (κ1) is 10.1. The van der Waals surface area contributed by atoms with E-state index in [1.165, 1.54) is 0 Å². The Morgan fingerprint density at radius 3 is 2.69 bits per heavy atom. The standard InChI is InChI=1S/C9H12N2OS/c1-4-8(10-5-13)9-6(2)11-12-7(9)3/h8H,4H2,1-3H3/t8-/m0/s1. The minimum Gasteiger partial charge on any atom is -0.361 e. The Morgan fingerprint density at radius 2 is 2.31 bits per heavy atom. The molecule has 1 heterocycles. The number of aliphatic imine (C=N–C) groups is 1. The Labute approximate surface area is 82.8 Å². The fourth-order valence-electron chi connectivity index (χ4n) is 1.39. The van der Waals surface area contributed by atoms with Crippen molar-refractivity contribution < 1.29 is 4.52 Å². The van der Waals surface area contributed by atoms with Crippen molar-refractivity contribution in [3.05, 3.63) is 17.0 Å². The summed E-state index contributed by atoms with van der Waals surface area (Å²) in [6.07, 6.45) is 0.881. The molecule has 1 atom stereocenters. The highest BCUT2D eigenvalue weighted by molar-refractivity contribution is 7.78. The van der Waals surface area contributed by atoms with E-state index in [4.69, 9.17) is 4.52 Å². The molecular weight excluding hydrogens is 184 g/mol. The second-order valence-electron chi connectivity index (χ2n) is 2.88. The zero-order chi connectivity index (χ0) is 9.84. The van der Waals surface area contributed by atoms with E-state index in [0.717, 1.165) is 23.4 Å². The van der Waals surface area contributed by atoms with Crippen molar-refractivity contribution in [2.45, 2.75) is 33.2 Å². The summed E-state index contributed by atoms with van der Waals surface area (Å²) in [6, 6.07) is 0.0451. The van der Waals surface area contributed by atoms with Crippen LogP contribution in [-0.2, 0) is 0 Å². The topological polar surface area (TPSA) is 38.4 Å². The Morgan fingerprint density at radius 1 is 1.62 bits per heavy atom. The molecule has 0 aliphatic carbocycles. The molecule has 0 bridgehead atoms. The summed E-state index contributed by atoms with van der Waals surface area (Å²) in [5.74, 6) is 0.818. The number of hydrogen-bond acceptors (Lipinski definition) is 4. The third kappa shape index (κ3) is 2.02. The predicted octanol–water partition coefficient (Wildman–Crippen LogP) is 2.85. The van der Waals surface area contributed by atoms with E-state index in [2.05, 4.69) is 27.5 Å². The van der Waals surface area contributed by atoms with Crippen LogP contribution in [0.1, 0.15) is 36.4 Å². The zero-order valence-electron chi connectivity index (χ0n) is 8.00. The zero-order valence-corrected chi connectivity index (χ0v) is 8.81. The molecule has 0 spiro atoms. The van der Waals surface area contributed by atoms with Gasteiger partial charge in [-0.15, -0.1) is 0 Å². The van der Waals surface area contributed by atoms with E-state index in [1.807, 2.05) is 20.8 Å². The molecule has 0 radical (unpaired) electrons. The fraction of sp³-hybridized carbons (Fsp3) is 0.556. The maximum absolute atomic E-state index is 5.05. The van der Waals surface area contributed by atoms with Crippen LogP contribution in [0.4, 0.5) is 0 Å². The van der Waals surface area contributed by atoms with Crippen molar-refractivity contribution in [1.82, 2.24) is 5.16 Å². The SMILES string of the molecule is CC[C@H](N=C=S)c1c(C)noc1C. The first-order chi connectivity index (χ1) is 6.20. The first-order valence-corrected chi connectivity index (χ1v) is 4.61. The normalized spacial score (nSPS) is 12.2. The predicted molar refractivity (Wildman–Crippen MR) is 54.0 cm³/mol. The van der Waals surface area contributed by atoms with Crippen molar-refractivity contribution in [3.63, 3.8) is 0 Å². The second kappa shape index (κ2) is 4.30. The van der Waals surface area contributed by atoms with Gasteiger partial charge in [0.2, 0.25) is 0 Å². The third-order valence-electron chi connectivity index (χ3n) is 2.02. The number of aryl methyl sites for hydroxylation is 2. The molecule has 0 fully saturated rings. The lowest BCUT2D eigenvalue weighted by atomic mass is 10.0. The summed E-state index contributed by atoms with van der Waals surface area (Å²) < 4.78 is 5.05. The molecule has 1 rings (SSSR count). The summed E-state index contributed by atoms with van der Waals surface area (Å²) in [6.45, 7) is 5.84. The number of hydrogen-bond donors (Lipinski definition) is 0. The van der Waals surface area contributed by atoms with Gasteiger partial charge in [0, 0.05) is 5.56 Å². The van der Waals surface area contributed by atoms with Gasteiger partial charge in [0.25, 0.3) is 0 Å². The van der Waals surface area contributed by atoms with Crippen molar-refractivity contribution in [3.8, 4) is 0 Å². The molecule has 13 heavy (non-hydrogen) atoms. The maximum atomic E-state index is 5.05. The molecule has 0 saturated carbocycles. The molecule has 0 N–H and O–H groups in total. The molecule has 3 nitrogen and oxygen atoms in total. The number of isothiocyanates is 1.